The Morgan fingerprint density at radius 1 is 1.12 bits per heavy atom. The Balaban J connectivity index is 1.66. The normalized spacial score (nSPS) is 25.1. The molecule has 0 radical (unpaired) electrons. The lowest BCUT2D eigenvalue weighted by molar-refractivity contribution is -0.145. The number of benzene rings is 1. The van der Waals surface area contributed by atoms with Gasteiger partial charge in [-0.05, 0) is 62.1 Å². The molecule has 1 fully saturated rings. The second-order valence-corrected chi connectivity index (χ2v) is 8.70. The third-order valence-corrected chi connectivity index (χ3v) is 6.86. The number of fused-ring (bicyclic) bond motifs is 1. The van der Waals surface area contributed by atoms with Gasteiger partial charge < -0.3 is 9.80 Å². The Morgan fingerprint density at radius 2 is 1.91 bits per heavy atom. The molecule has 0 spiro atoms. The van der Waals surface area contributed by atoms with Crippen LogP contribution in [0.3, 0.4) is 0 Å². The van der Waals surface area contributed by atoms with E-state index < -0.39 is 5.66 Å². The lowest BCUT2D eigenvalue weighted by Crippen LogP contribution is -2.57. The van der Waals surface area contributed by atoms with Crippen LogP contribution in [0.5, 0.6) is 0 Å². The summed E-state index contributed by atoms with van der Waals surface area (Å²) >= 11 is 0. The number of carbonyl (C=O) groups excluding carboxylic acids is 2. The van der Waals surface area contributed by atoms with Gasteiger partial charge in [-0.2, -0.15) is 0 Å². The summed E-state index contributed by atoms with van der Waals surface area (Å²) in [5, 5.41) is 0. The molecule has 2 amide bonds. The average molecular weight is 432 g/mol. The Bertz CT molecular complexity index is 1160. The summed E-state index contributed by atoms with van der Waals surface area (Å²) in [4.78, 5) is 39.7. The van der Waals surface area contributed by atoms with Crippen molar-refractivity contribution in [3.63, 3.8) is 0 Å². The summed E-state index contributed by atoms with van der Waals surface area (Å²) in [6.07, 6.45) is 7.44. The van der Waals surface area contributed by atoms with Crippen LogP contribution < -0.4 is 0 Å². The van der Waals surface area contributed by atoms with Crippen molar-refractivity contribution in [3.05, 3.63) is 70.2 Å². The lowest BCUT2D eigenvalue weighted by atomic mass is 9.83. The van der Waals surface area contributed by atoms with Gasteiger partial charge in [0, 0.05) is 31.4 Å². The van der Waals surface area contributed by atoms with Crippen LogP contribution >= 0.6 is 0 Å². The fraction of sp³-hybridized carbons (Fsp3) is 0.360. The van der Waals surface area contributed by atoms with Crippen molar-refractivity contribution in [2.45, 2.75) is 38.8 Å². The SMILES string of the molecule is CC1=CC=NC2=C(CC1)CC1(c3ccc(F)cc3)N(C(=O)C3=CCN=C3C)CCN1C2=O. The van der Waals surface area contributed by atoms with Gasteiger partial charge in [0.2, 0.25) is 0 Å². The van der Waals surface area contributed by atoms with Crippen molar-refractivity contribution < 1.29 is 14.0 Å². The van der Waals surface area contributed by atoms with Crippen molar-refractivity contribution >= 4 is 23.7 Å². The topological polar surface area (TPSA) is 65.3 Å². The highest BCUT2D eigenvalue weighted by Crippen LogP contribution is 2.48. The maximum Gasteiger partial charge on any atom is 0.274 e. The zero-order valence-electron chi connectivity index (χ0n) is 18.3. The van der Waals surface area contributed by atoms with Crippen molar-refractivity contribution in [1.82, 2.24) is 9.80 Å². The van der Waals surface area contributed by atoms with Gasteiger partial charge in [-0.15, -0.1) is 0 Å². The van der Waals surface area contributed by atoms with Gasteiger partial charge in [-0.25, -0.2) is 4.39 Å². The van der Waals surface area contributed by atoms with E-state index >= 15 is 0 Å². The molecule has 1 unspecified atom stereocenters. The number of hydrogen-bond donors (Lipinski definition) is 0. The second-order valence-electron chi connectivity index (χ2n) is 8.70. The monoisotopic (exact) mass is 432 g/mol. The maximum absolute atomic E-state index is 13.8. The minimum Gasteiger partial charge on any atom is -0.309 e. The number of nitrogens with zero attached hydrogens (tertiary/aromatic N) is 4. The van der Waals surface area contributed by atoms with E-state index in [2.05, 4.69) is 9.98 Å². The molecule has 0 N–H and O–H groups in total. The lowest BCUT2D eigenvalue weighted by Gasteiger charge is -2.47. The van der Waals surface area contributed by atoms with Gasteiger partial charge in [0.05, 0.1) is 12.1 Å². The summed E-state index contributed by atoms with van der Waals surface area (Å²) in [5.74, 6) is -0.675. The molecule has 0 saturated carbocycles. The van der Waals surface area contributed by atoms with Crippen LogP contribution in [-0.4, -0.2) is 53.2 Å². The summed E-state index contributed by atoms with van der Waals surface area (Å²) in [6, 6.07) is 6.16. The summed E-state index contributed by atoms with van der Waals surface area (Å²) in [5.41, 5.74) is 3.61. The summed E-state index contributed by atoms with van der Waals surface area (Å²) in [6.45, 7) is 5.16. The summed E-state index contributed by atoms with van der Waals surface area (Å²) < 4.78 is 13.8. The molecule has 32 heavy (non-hydrogen) atoms. The predicted molar refractivity (Wildman–Crippen MR) is 121 cm³/mol. The molecule has 0 aromatic heterocycles. The first-order valence-corrected chi connectivity index (χ1v) is 11.0. The molecule has 6 nitrogen and oxygen atoms in total. The van der Waals surface area contributed by atoms with E-state index in [0.29, 0.717) is 49.5 Å². The van der Waals surface area contributed by atoms with E-state index in [4.69, 9.17) is 0 Å². The fourth-order valence-corrected chi connectivity index (χ4v) is 5.15. The minimum atomic E-state index is -1.00. The number of carbonyl (C=O) groups is 2. The number of amides is 2. The number of aliphatic imine (C=N–C) groups is 2. The van der Waals surface area contributed by atoms with E-state index in [-0.39, 0.29) is 17.6 Å². The highest BCUT2D eigenvalue weighted by atomic mass is 19.1. The largest absolute Gasteiger partial charge is 0.309 e. The molecule has 0 aliphatic carbocycles. The third kappa shape index (κ3) is 3.06. The van der Waals surface area contributed by atoms with Gasteiger partial charge in [0.25, 0.3) is 11.8 Å². The minimum absolute atomic E-state index is 0.141. The molecule has 4 aliphatic heterocycles. The number of hydrogen-bond acceptors (Lipinski definition) is 4. The standard InChI is InChI=1S/C25H25FN4O2/c1-16-3-4-18-15-25(19-5-7-20(26)8-6-19)29(23(31)21-10-12-27-17(21)2)13-14-30(25)24(32)22(18)28-11-9-16/h5-11H,3-4,12-15H2,1-2H3. The van der Waals surface area contributed by atoms with Crippen LogP contribution in [0.1, 0.15) is 38.7 Å². The smallest absolute Gasteiger partial charge is 0.274 e. The molecule has 7 heteroatoms. The van der Waals surface area contributed by atoms with Crippen LogP contribution in [0.4, 0.5) is 4.39 Å². The summed E-state index contributed by atoms with van der Waals surface area (Å²) in [7, 11) is 0. The van der Waals surface area contributed by atoms with Crippen LogP contribution in [-0.2, 0) is 15.3 Å². The average Bonchev–Trinajstić information content (AvgIpc) is 3.37. The Hall–Kier alpha value is -3.35. The number of halogens is 1. The third-order valence-electron chi connectivity index (χ3n) is 6.86. The number of allylic oxidation sites excluding steroid dienone is 2. The quantitative estimate of drug-likeness (QED) is 0.718. The van der Waals surface area contributed by atoms with E-state index in [1.165, 1.54) is 17.7 Å². The van der Waals surface area contributed by atoms with Crippen molar-refractivity contribution in [3.8, 4) is 0 Å². The molecule has 1 aromatic rings. The first kappa shape index (κ1) is 20.5. The second kappa shape index (κ2) is 7.65. The zero-order chi connectivity index (χ0) is 22.5. The van der Waals surface area contributed by atoms with E-state index in [0.717, 1.165) is 17.6 Å². The molecule has 164 valence electrons. The van der Waals surface area contributed by atoms with Gasteiger partial charge in [0.15, 0.2) is 0 Å². The van der Waals surface area contributed by atoms with Crippen molar-refractivity contribution in [2.24, 2.45) is 9.98 Å². The molecule has 1 saturated heterocycles. The van der Waals surface area contributed by atoms with Gasteiger partial charge >= 0.3 is 0 Å². The Labute approximate surface area is 186 Å². The van der Waals surface area contributed by atoms with Crippen LogP contribution in [0.15, 0.2) is 68.8 Å². The Morgan fingerprint density at radius 3 is 2.62 bits per heavy atom. The molecule has 1 aromatic carbocycles. The van der Waals surface area contributed by atoms with E-state index in [1.807, 2.05) is 26.0 Å². The molecule has 4 heterocycles. The van der Waals surface area contributed by atoms with Crippen molar-refractivity contribution in [2.75, 3.05) is 19.6 Å². The van der Waals surface area contributed by atoms with Gasteiger partial charge in [-0.3, -0.25) is 19.6 Å². The van der Waals surface area contributed by atoms with Gasteiger partial charge in [0.1, 0.15) is 17.2 Å². The number of rotatable bonds is 2. The molecule has 1 atom stereocenters. The molecule has 4 aliphatic rings. The highest BCUT2D eigenvalue weighted by molar-refractivity contribution is 6.22. The highest BCUT2D eigenvalue weighted by Gasteiger charge is 2.56. The van der Waals surface area contributed by atoms with Crippen molar-refractivity contribution in [1.29, 1.82) is 0 Å². The van der Waals surface area contributed by atoms with Crippen LogP contribution in [0.2, 0.25) is 0 Å². The first-order chi connectivity index (χ1) is 15.4. The Kier molecular flexibility index (Phi) is 4.92. The fourth-order valence-electron chi connectivity index (χ4n) is 5.15. The van der Waals surface area contributed by atoms with E-state index in [1.54, 1.807) is 28.1 Å². The zero-order valence-corrected chi connectivity index (χ0v) is 18.3. The van der Waals surface area contributed by atoms with Gasteiger partial charge in [-0.1, -0.05) is 17.7 Å². The van der Waals surface area contributed by atoms with Crippen LogP contribution in [0.25, 0.3) is 0 Å². The maximum atomic E-state index is 13.8. The molecule has 5 rings (SSSR count). The molecular weight excluding hydrogens is 407 g/mol. The predicted octanol–water partition coefficient (Wildman–Crippen LogP) is 3.52. The first-order valence-electron chi connectivity index (χ1n) is 11.0. The molecular formula is C25H25FN4O2. The van der Waals surface area contributed by atoms with E-state index in [9.17, 15) is 14.0 Å². The molecule has 0 bridgehead atoms. The van der Waals surface area contributed by atoms with Crippen LogP contribution in [0, 0.1) is 5.82 Å².